The number of alkyl halides is 2. The number of nitrogens with one attached hydrogen (secondary N) is 1. The standard InChI is InChI=1S/C25H21Cl2N3O8/c1-37-13-6-7-17(30(35)36)16(8-13)28-18(31)10-38-25(34)11-2-4-12(5-3-11)29-23(32)19-14-9-15(20(19)24(29)33)22(27)21(14)26/h2-8,14-15,19-22H,9-10H2,1H3,(H,28,31)/t14-,15-,19-,20+,21-,22+/m1/s1. The molecule has 3 aliphatic rings. The van der Waals surface area contributed by atoms with E-state index in [1.165, 1.54) is 49.6 Å². The summed E-state index contributed by atoms with van der Waals surface area (Å²) in [5.41, 5.74) is -0.0770. The Labute approximate surface area is 226 Å². The molecule has 2 aliphatic carbocycles. The van der Waals surface area contributed by atoms with Gasteiger partial charge in [-0.1, -0.05) is 0 Å². The van der Waals surface area contributed by atoms with Gasteiger partial charge in [-0.2, -0.15) is 0 Å². The zero-order chi connectivity index (χ0) is 27.3. The third kappa shape index (κ3) is 4.25. The van der Waals surface area contributed by atoms with Crippen molar-refractivity contribution in [3.63, 3.8) is 0 Å². The number of methoxy groups -OCH3 is 1. The van der Waals surface area contributed by atoms with Crippen LogP contribution in [0.25, 0.3) is 0 Å². The zero-order valence-corrected chi connectivity index (χ0v) is 21.3. The van der Waals surface area contributed by atoms with E-state index in [0.717, 1.165) is 4.90 Å². The first-order valence-electron chi connectivity index (χ1n) is 11.7. The molecular formula is C25H21Cl2N3O8. The van der Waals surface area contributed by atoms with E-state index in [4.69, 9.17) is 32.7 Å². The van der Waals surface area contributed by atoms with Gasteiger partial charge in [-0.3, -0.25) is 29.4 Å². The van der Waals surface area contributed by atoms with E-state index >= 15 is 0 Å². The average molecular weight is 562 g/mol. The molecule has 0 aromatic heterocycles. The molecule has 0 radical (unpaired) electrons. The molecule has 2 saturated carbocycles. The number of fused-ring (bicyclic) bond motifs is 5. The second kappa shape index (κ2) is 9.88. The maximum Gasteiger partial charge on any atom is 0.338 e. The minimum atomic E-state index is -0.837. The number of amides is 3. The molecule has 1 saturated heterocycles. The zero-order valence-electron chi connectivity index (χ0n) is 19.8. The summed E-state index contributed by atoms with van der Waals surface area (Å²) >= 11 is 12.8. The van der Waals surface area contributed by atoms with Crippen LogP contribution in [-0.4, -0.2) is 53.1 Å². The summed E-state index contributed by atoms with van der Waals surface area (Å²) < 4.78 is 10.0. The minimum absolute atomic E-state index is 0.0786. The van der Waals surface area contributed by atoms with Gasteiger partial charge in [0.15, 0.2) is 6.61 Å². The average Bonchev–Trinajstić information content (AvgIpc) is 3.51. The monoisotopic (exact) mass is 561 g/mol. The van der Waals surface area contributed by atoms with E-state index in [2.05, 4.69) is 5.32 Å². The summed E-state index contributed by atoms with van der Waals surface area (Å²) in [7, 11) is 1.37. The van der Waals surface area contributed by atoms with Crippen LogP contribution in [0.5, 0.6) is 5.75 Å². The summed E-state index contributed by atoms with van der Waals surface area (Å²) in [4.78, 5) is 62.6. The Hall–Kier alpha value is -3.70. The lowest BCUT2D eigenvalue weighted by molar-refractivity contribution is -0.383. The Balaban J connectivity index is 1.22. The van der Waals surface area contributed by atoms with Gasteiger partial charge in [0.2, 0.25) is 11.8 Å². The molecule has 2 aromatic rings. The highest BCUT2D eigenvalue weighted by molar-refractivity contribution is 6.32. The highest BCUT2D eigenvalue weighted by atomic mass is 35.5. The third-order valence-electron chi connectivity index (χ3n) is 7.36. The van der Waals surface area contributed by atoms with Gasteiger partial charge < -0.3 is 14.8 Å². The van der Waals surface area contributed by atoms with Crippen molar-refractivity contribution in [2.24, 2.45) is 23.7 Å². The van der Waals surface area contributed by atoms with Crippen LogP contribution in [0.3, 0.4) is 0 Å². The summed E-state index contributed by atoms with van der Waals surface area (Å²) in [6.07, 6.45) is 0.659. The number of anilines is 2. The molecule has 1 heterocycles. The molecule has 2 bridgehead atoms. The van der Waals surface area contributed by atoms with E-state index in [1.807, 2.05) is 0 Å². The van der Waals surface area contributed by atoms with Gasteiger partial charge in [-0.25, -0.2) is 4.79 Å². The minimum Gasteiger partial charge on any atom is -0.497 e. The van der Waals surface area contributed by atoms with Crippen LogP contribution in [0.4, 0.5) is 17.1 Å². The number of rotatable bonds is 7. The van der Waals surface area contributed by atoms with E-state index in [-0.39, 0.29) is 51.3 Å². The number of hydrogen-bond donors (Lipinski definition) is 1. The van der Waals surface area contributed by atoms with Gasteiger partial charge >= 0.3 is 5.97 Å². The molecular weight excluding hydrogens is 541 g/mol. The SMILES string of the molecule is COc1ccc([N+](=O)[O-])c(NC(=O)COC(=O)c2ccc(N3C(=O)[C@@H]4[C@H]5C[C@@H]([C@H](Cl)[C@@H]5Cl)[C@@H]4C3=O)cc2)c1. The van der Waals surface area contributed by atoms with Crippen LogP contribution in [-0.2, 0) is 19.1 Å². The topological polar surface area (TPSA) is 145 Å². The lowest BCUT2D eigenvalue weighted by atomic mass is 9.80. The number of nitro groups is 1. The fourth-order valence-corrected chi connectivity index (χ4v) is 6.54. The highest BCUT2D eigenvalue weighted by Gasteiger charge is 2.66. The van der Waals surface area contributed by atoms with Gasteiger partial charge in [0.05, 0.1) is 45.9 Å². The van der Waals surface area contributed by atoms with Crippen molar-refractivity contribution in [1.29, 1.82) is 0 Å². The number of imide groups is 1. The van der Waals surface area contributed by atoms with Crippen molar-refractivity contribution in [2.75, 3.05) is 23.9 Å². The van der Waals surface area contributed by atoms with E-state index in [9.17, 15) is 29.3 Å². The first-order valence-corrected chi connectivity index (χ1v) is 12.5. The van der Waals surface area contributed by atoms with Crippen molar-refractivity contribution < 1.29 is 33.6 Å². The molecule has 11 nitrogen and oxygen atoms in total. The maximum absolute atomic E-state index is 13.1. The normalized spacial score (nSPS) is 27.3. The Bertz CT molecular complexity index is 1320. The largest absolute Gasteiger partial charge is 0.497 e. The lowest BCUT2D eigenvalue weighted by Crippen LogP contribution is -2.37. The lowest BCUT2D eigenvalue weighted by Gasteiger charge is -2.28. The van der Waals surface area contributed by atoms with Gasteiger partial charge in [-0.15, -0.1) is 23.2 Å². The Morgan fingerprint density at radius 1 is 1.05 bits per heavy atom. The molecule has 38 heavy (non-hydrogen) atoms. The van der Waals surface area contributed by atoms with Crippen LogP contribution in [0.2, 0.25) is 0 Å². The molecule has 2 aromatic carbocycles. The number of carbonyl (C=O) groups is 4. The van der Waals surface area contributed by atoms with Crippen molar-refractivity contribution in [1.82, 2.24) is 0 Å². The van der Waals surface area contributed by atoms with Crippen molar-refractivity contribution in [2.45, 2.75) is 17.2 Å². The van der Waals surface area contributed by atoms with Crippen LogP contribution >= 0.6 is 23.2 Å². The molecule has 3 amide bonds. The van der Waals surface area contributed by atoms with E-state index in [0.29, 0.717) is 17.9 Å². The molecule has 1 N–H and O–H groups in total. The fourth-order valence-electron chi connectivity index (χ4n) is 5.65. The molecule has 0 spiro atoms. The van der Waals surface area contributed by atoms with E-state index in [1.54, 1.807) is 0 Å². The summed E-state index contributed by atoms with van der Waals surface area (Å²) in [6, 6.07) is 9.48. The van der Waals surface area contributed by atoms with Crippen LogP contribution in [0, 0.1) is 33.8 Å². The van der Waals surface area contributed by atoms with Crippen molar-refractivity contribution in [3.8, 4) is 5.75 Å². The molecule has 1 aliphatic heterocycles. The highest BCUT2D eigenvalue weighted by Crippen LogP contribution is 2.59. The van der Waals surface area contributed by atoms with Crippen LogP contribution < -0.4 is 15.0 Å². The molecule has 5 rings (SSSR count). The number of carbonyl (C=O) groups excluding carboxylic acids is 4. The second-order valence-electron chi connectivity index (χ2n) is 9.33. The molecule has 0 unspecified atom stereocenters. The maximum atomic E-state index is 13.1. The molecule has 198 valence electrons. The third-order valence-corrected chi connectivity index (χ3v) is 8.68. The predicted molar refractivity (Wildman–Crippen MR) is 135 cm³/mol. The number of halogens is 2. The Morgan fingerprint density at radius 2 is 1.66 bits per heavy atom. The molecule has 13 heteroatoms. The Morgan fingerprint density at radius 3 is 2.21 bits per heavy atom. The van der Waals surface area contributed by atoms with Gasteiger partial charge in [0, 0.05) is 12.1 Å². The van der Waals surface area contributed by atoms with Crippen molar-refractivity contribution in [3.05, 3.63) is 58.1 Å². The van der Waals surface area contributed by atoms with E-state index < -0.39 is 35.2 Å². The van der Waals surface area contributed by atoms with Crippen LogP contribution in [0.15, 0.2) is 42.5 Å². The van der Waals surface area contributed by atoms with Crippen LogP contribution in [0.1, 0.15) is 16.8 Å². The number of esters is 1. The fraction of sp³-hybridized carbons (Fsp3) is 0.360. The number of benzene rings is 2. The predicted octanol–water partition coefficient (Wildman–Crippen LogP) is 3.37. The summed E-state index contributed by atoms with van der Waals surface area (Å²) in [5, 5.41) is 12.8. The quantitative estimate of drug-likeness (QED) is 0.178. The first kappa shape index (κ1) is 25.9. The summed E-state index contributed by atoms with van der Waals surface area (Å²) in [5.74, 6) is -3.25. The van der Waals surface area contributed by atoms with Gasteiger partial charge in [0.1, 0.15) is 11.4 Å². The second-order valence-corrected chi connectivity index (χ2v) is 10.3. The number of hydrogen-bond acceptors (Lipinski definition) is 8. The molecule has 6 atom stereocenters. The van der Waals surface area contributed by atoms with Gasteiger partial charge in [0.25, 0.3) is 11.6 Å². The smallest absolute Gasteiger partial charge is 0.338 e. The van der Waals surface area contributed by atoms with Gasteiger partial charge in [-0.05, 0) is 48.6 Å². The Kier molecular flexibility index (Phi) is 6.74. The molecule has 3 fully saturated rings. The number of nitrogens with zero attached hydrogens (tertiary/aromatic N) is 2. The summed E-state index contributed by atoms with van der Waals surface area (Å²) in [6.45, 7) is -0.705. The number of ether oxygens (including phenoxy) is 2. The van der Waals surface area contributed by atoms with Crippen molar-refractivity contribution >= 4 is 64.0 Å². The first-order chi connectivity index (χ1) is 18.1. The number of nitro benzene ring substituents is 1.